The Bertz CT molecular complexity index is 1390. The molecule has 5 rings (SSSR count). The van der Waals surface area contributed by atoms with Crippen molar-refractivity contribution in [3.05, 3.63) is 92.3 Å². The minimum absolute atomic E-state index is 0.0183. The second-order valence-electron chi connectivity index (χ2n) is 7.13. The Morgan fingerprint density at radius 1 is 1.07 bits per heavy atom. The number of Topliss-reactive ketones (excluding diaryl/α,β-unsaturated/α-hetero) is 1. The van der Waals surface area contributed by atoms with E-state index in [2.05, 4.69) is 4.98 Å². The number of nitrogens with zero attached hydrogens (tertiary/aromatic N) is 2. The average molecular weight is 416 g/mol. The van der Waals surface area contributed by atoms with Crippen LogP contribution in [0.2, 0.25) is 0 Å². The lowest BCUT2D eigenvalue weighted by molar-refractivity contribution is 0.0969. The summed E-state index contributed by atoms with van der Waals surface area (Å²) < 4.78 is 5.90. The summed E-state index contributed by atoms with van der Waals surface area (Å²) in [6.45, 7) is 3.21. The van der Waals surface area contributed by atoms with Crippen molar-refractivity contribution in [2.24, 2.45) is 0 Å². The van der Waals surface area contributed by atoms with E-state index in [-0.39, 0.29) is 17.0 Å². The van der Waals surface area contributed by atoms with Gasteiger partial charge in [0.2, 0.25) is 5.76 Å². The zero-order valence-corrected chi connectivity index (χ0v) is 17.0. The number of amides is 1. The number of hydrogen-bond donors (Lipinski definition) is 0. The van der Waals surface area contributed by atoms with E-state index in [1.165, 1.54) is 11.8 Å². The van der Waals surface area contributed by atoms with Gasteiger partial charge < -0.3 is 4.42 Å². The number of anilines is 1. The Balaban J connectivity index is 1.80. The summed E-state index contributed by atoms with van der Waals surface area (Å²) in [6, 6.07) is 15.5. The SMILES string of the molecule is CC(=O)c1sc(N2C(=O)c3oc4ccccc4c(=O)c3[C@H]2c2ccccc2)nc1C. The molecule has 1 amide bonds. The van der Waals surface area contributed by atoms with Gasteiger partial charge in [-0.2, -0.15) is 0 Å². The Hall–Kier alpha value is -3.58. The van der Waals surface area contributed by atoms with Crippen molar-refractivity contribution in [2.45, 2.75) is 19.9 Å². The molecule has 0 unspecified atom stereocenters. The highest BCUT2D eigenvalue weighted by atomic mass is 32.1. The number of thiazole rings is 1. The maximum absolute atomic E-state index is 13.4. The topological polar surface area (TPSA) is 80.5 Å². The number of aryl methyl sites for hydroxylation is 1. The minimum atomic E-state index is -0.681. The lowest BCUT2D eigenvalue weighted by atomic mass is 9.99. The summed E-state index contributed by atoms with van der Waals surface area (Å²) in [7, 11) is 0. The summed E-state index contributed by atoms with van der Waals surface area (Å²) in [5, 5.41) is 0.790. The first-order valence-corrected chi connectivity index (χ1v) is 10.2. The van der Waals surface area contributed by atoms with Crippen molar-refractivity contribution in [3.63, 3.8) is 0 Å². The van der Waals surface area contributed by atoms with Gasteiger partial charge in [0.1, 0.15) is 5.58 Å². The summed E-state index contributed by atoms with van der Waals surface area (Å²) in [6.07, 6.45) is 0. The number of ketones is 1. The first-order valence-electron chi connectivity index (χ1n) is 9.40. The monoisotopic (exact) mass is 416 g/mol. The number of rotatable bonds is 3. The van der Waals surface area contributed by atoms with E-state index < -0.39 is 11.9 Å². The fourth-order valence-corrected chi connectivity index (χ4v) is 4.87. The third kappa shape index (κ3) is 2.63. The zero-order chi connectivity index (χ0) is 21.0. The fourth-order valence-electron chi connectivity index (χ4n) is 3.88. The highest BCUT2D eigenvalue weighted by molar-refractivity contribution is 7.17. The molecule has 0 fully saturated rings. The molecular formula is C23H16N2O4S. The number of aromatic nitrogens is 1. The van der Waals surface area contributed by atoms with Crippen LogP contribution in [0, 0.1) is 6.92 Å². The Labute approximate surface area is 175 Å². The van der Waals surface area contributed by atoms with Crippen molar-refractivity contribution in [2.75, 3.05) is 4.90 Å². The predicted molar refractivity (Wildman–Crippen MR) is 114 cm³/mol. The number of carbonyl (C=O) groups excluding carboxylic acids is 2. The van der Waals surface area contributed by atoms with Crippen LogP contribution in [-0.4, -0.2) is 16.7 Å². The van der Waals surface area contributed by atoms with E-state index in [0.717, 1.165) is 16.9 Å². The fraction of sp³-hybridized carbons (Fsp3) is 0.130. The third-order valence-corrected chi connectivity index (χ3v) is 6.46. The number of fused-ring (bicyclic) bond motifs is 2. The molecule has 2 aromatic carbocycles. The standard InChI is InChI=1S/C23H16N2O4S/c1-12-21(13(2)26)30-23(24-12)25-18(14-8-4-3-5-9-14)17-19(27)15-10-6-7-11-16(15)29-20(17)22(25)28/h3-11,18H,1-2H3/t18-/m1/s1. The molecule has 4 aromatic rings. The second kappa shape index (κ2) is 6.74. The first kappa shape index (κ1) is 18.4. The largest absolute Gasteiger partial charge is 0.450 e. The summed E-state index contributed by atoms with van der Waals surface area (Å²) in [5.74, 6) is -0.535. The van der Waals surface area contributed by atoms with Gasteiger partial charge in [0.15, 0.2) is 16.3 Å². The van der Waals surface area contributed by atoms with Gasteiger partial charge in [-0.25, -0.2) is 4.98 Å². The number of carbonyl (C=O) groups is 2. The van der Waals surface area contributed by atoms with Crippen molar-refractivity contribution >= 4 is 39.1 Å². The molecule has 1 aliphatic rings. The molecule has 3 heterocycles. The number of hydrogen-bond acceptors (Lipinski definition) is 6. The Morgan fingerprint density at radius 3 is 2.47 bits per heavy atom. The molecule has 0 saturated heterocycles. The molecule has 0 saturated carbocycles. The van der Waals surface area contributed by atoms with Gasteiger partial charge in [0.05, 0.1) is 27.6 Å². The second-order valence-corrected chi connectivity index (χ2v) is 8.10. The van der Waals surface area contributed by atoms with Crippen LogP contribution in [0.5, 0.6) is 0 Å². The lowest BCUT2D eigenvalue weighted by Crippen LogP contribution is -2.29. The smallest absolute Gasteiger partial charge is 0.297 e. The van der Waals surface area contributed by atoms with Crippen LogP contribution in [0.4, 0.5) is 5.13 Å². The van der Waals surface area contributed by atoms with E-state index in [0.29, 0.717) is 32.2 Å². The van der Waals surface area contributed by atoms with Gasteiger partial charge in [-0.1, -0.05) is 53.8 Å². The van der Waals surface area contributed by atoms with Crippen molar-refractivity contribution in [1.82, 2.24) is 4.98 Å². The average Bonchev–Trinajstić information content (AvgIpc) is 3.27. The molecule has 2 aromatic heterocycles. The van der Waals surface area contributed by atoms with Crippen molar-refractivity contribution < 1.29 is 14.0 Å². The highest BCUT2D eigenvalue weighted by Gasteiger charge is 2.45. The van der Waals surface area contributed by atoms with Crippen LogP contribution in [0.15, 0.2) is 63.8 Å². The van der Waals surface area contributed by atoms with Crippen molar-refractivity contribution in [3.8, 4) is 0 Å². The van der Waals surface area contributed by atoms with Gasteiger partial charge in [-0.05, 0) is 24.6 Å². The van der Waals surface area contributed by atoms with Crippen molar-refractivity contribution in [1.29, 1.82) is 0 Å². The van der Waals surface area contributed by atoms with Crippen LogP contribution in [0.1, 0.15) is 50.0 Å². The van der Waals surface area contributed by atoms with Gasteiger partial charge in [0, 0.05) is 6.92 Å². The van der Waals surface area contributed by atoms with E-state index in [1.54, 1.807) is 31.2 Å². The van der Waals surface area contributed by atoms with E-state index in [4.69, 9.17) is 4.42 Å². The van der Waals surface area contributed by atoms with Gasteiger partial charge >= 0.3 is 0 Å². The lowest BCUT2D eigenvalue weighted by Gasteiger charge is -2.22. The maximum Gasteiger partial charge on any atom is 0.297 e. The normalized spacial score (nSPS) is 15.6. The summed E-state index contributed by atoms with van der Waals surface area (Å²) in [4.78, 5) is 45.2. The predicted octanol–water partition coefficient (Wildman–Crippen LogP) is 4.51. The molecule has 0 radical (unpaired) electrons. The quantitative estimate of drug-likeness (QED) is 0.459. The van der Waals surface area contributed by atoms with Crippen LogP contribution in [-0.2, 0) is 0 Å². The van der Waals surface area contributed by atoms with Gasteiger partial charge in [0.25, 0.3) is 5.91 Å². The number of benzene rings is 2. The van der Waals surface area contributed by atoms with Crippen LogP contribution in [0.3, 0.4) is 0 Å². The molecule has 7 heteroatoms. The maximum atomic E-state index is 13.4. The molecular weight excluding hydrogens is 400 g/mol. The minimum Gasteiger partial charge on any atom is -0.450 e. The van der Waals surface area contributed by atoms with E-state index >= 15 is 0 Å². The number of para-hydroxylation sites is 1. The molecule has 6 nitrogen and oxygen atoms in total. The molecule has 1 atom stereocenters. The van der Waals surface area contributed by atoms with E-state index in [9.17, 15) is 14.4 Å². The molecule has 0 aliphatic carbocycles. The first-order chi connectivity index (χ1) is 14.5. The molecule has 0 spiro atoms. The molecule has 148 valence electrons. The Morgan fingerprint density at radius 2 is 1.77 bits per heavy atom. The molecule has 30 heavy (non-hydrogen) atoms. The summed E-state index contributed by atoms with van der Waals surface area (Å²) in [5.41, 5.74) is 1.74. The molecule has 1 aliphatic heterocycles. The Kier molecular flexibility index (Phi) is 4.15. The molecule has 0 N–H and O–H groups in total. The highest BCUT2D eigenvalue weighted by Crippen LogP contribution is 2.43. The van der Waals surface area contributed by atoms with Gasteiger partial charge in [-0.15, -0.1) is 0 Å². The summed E-state index contributed by atoms with van der Waals surface area (Å²) >= 11 is 1.15. The third-order valence-electron chi connectivity index (χ3n) is 5.20. The van der Waals surface area contributed by atoms with Gasteiger partial charge in [-0.3, -0.25) is 19.3 Å². The van der Waals surface area contributed by atoms with E-state index in [1.807, 2.05) is 30.3 Å². The van der Waals surface area contributed by atoms with Crippen LogP contribution in [0.25, 0.3) is 11.0 Å². The molecule has 0 bridgehead atoms. The van der Waals surface area contributed by atoms with Crippen LogP contribution >= 0.6 is 11.3 Å². The zero-order valence-electron chi connectivity index (χ0n) is 16.2. The van der Waals surface area contributed by atoms with Crippen LogP contribution < -0.4 is 10.3 Å².